The number of benzene rings is 2. The molecule has 0 atom stereocenters. The summed E-state index contributed by atoms with van der Waals surface area (Å²) in [6.45, 7) is -0.549. The van der Waals surface area contributed by atoms with Gasteiger partial charge in [-0.05, 0) is 42.5 Å². The van der Waals surface area contributed by atoms with E-state index in [0.29, 0.717) is 16.0 Å². The van der Waals surface area contributed by atoms with E-state index in [1.54, 1.807) is 18.2 Å². The Morgan fingerprint density at radius 1 is 1.04 bits per heavy atom. The smallest absolute Gasteiger partial charge is 0.351 e. The van der Waals surface area contributed by atoms with Gasteiger partial charge in [-0.1, -0.05) is 39.1 Å². The highest BCUT2D eigenvalue weighted by atomic mass is 79.9. The minimum absolute atomic E-state index is 0.213. The molecule has 0 saturated heterocycles. The Balaban J connectivity index is 1.78. The molecule has 5 nitrogen and oxygen atoms in total. The Labute approximate surface area is 165 Å². The molecule has 0 aliphatic rings. The topological polar surface area (TPSA) is 73.6 Å². The number of fused-ring (bicyclic) bond motifs is 1. The van der Waals surface area contributed by atoms with E-state index in [1.165, 1.54) is 24.3 Å². The molecule has 3 aromatic rings. The minimum atomic E-state index is -0.950. The zero-order chi connectivity index (χ0) is 18.8. The monoisotopic (exact) mass is 454 g/mol. The number of carbonyl (C=O) groups is 2. The molecule has 0 N–H and O–H groups in total. The predicted molar refractivity (Wildman–Crippen MR) is 101 cm³/mol. The van der Waals surface area contributed by atoms with Crippen LogP contribution in [0.15, 0.2) is 56.1 Å². The van der Waals surface area contributed by atoms with Crippen molar-refractivity contribution < 1.29 is 18.7 Å². The van der Waals surface area contributed by atoms with Crippen molar-refractivity contribution in [3.63, 3.8) is 0 Å². The molecule has 0 amide bonds. The summed E-state index contributed by atoms with van der Waals surface area (Å²) in [4.78, 5) is 36.2. The maximum absolute atomic E-state index is 12.2. The molecule has 8 heteroatoms. The first kappa shape index (κ1) is 18.6. The third-order valence-corrected chi connectivity index (χ3v) is 4.72. The molecule has 26 heavy (non-hydrogen) atoms. The van der Waals surface area contributed by atoms with Gasteiger partial charge in [0.1, 0.15) is 11.1 Å². The van der Waals surface area contributed by atoms with Crippen LogP contribution in [0.1, 0.15) is 20.7 Å². The van der Waals surface area contributed by atoms with Crippen molar-refractivity contribution in [1.29, 1.82) is 0 Å². The van der Waals surface area contributed by atoms with Crippen LogP contribution in [0.5, 0.6) is 0 Å². The molecule has 0 saturated carbocycles. The van der Waals surface area contributed by atoms with E-state index in [-0.39, 0.29) is 16.1 Å². The Bertz CT molecular complexity index is 1090. The highest BCUT2D eigenvalue weighted by molar-refractivity contribution is 9.10. The fraction of sp³-hybridized carbons (Fsp3) is 0.0556. The lowest BCUT2D eigenvalue weighted by atomic mass is 10.1. The summed E-state index contributed by atoms with van der Waals surface area (Å²) in [5.41, 5.74) is -0.562. The molecule has 0 aliphatic heterocycles. The molecule has 0 spiro atoms. The number of carbonyl (C=O) groups excluding carboxylic acids is 2. The second kappa shape index (κ2) is 7.61. The second-order valence-electron chi connectivity index (χ2n) is 5.26. The highest BCUT2D eigenvalue weighted by Crippen LogP contribution is 2.23. The van der Waals surface area contributed by atoms with Crippen molar-refractivity contribution in [2.24, 2.45) is 0 Å². The van der Waals surface area contributed by atoms with Gasteiger partial charge >= 0.3 is 11.6 Å². The van der Waals surface area contributed by atoms with Crippen LogP contribution >= 0.6 is 39.1 Å². The van der Waals surface area contributed by atoms with E-state index in [1.807, 2.05) is 0 Å². The predicted octanol–water partition coefficient (Wildman–Crippen LogP) is 4.90. The average Bonchev–Trinajstić information content (AvgIpc) is 2.61. The van der Waals surface area contributed by atoms with Gasteiger partial charge in [0.15, 0.2) is 12.4 Å². The second-order valence-corrected chi connectivity index (χ2v) is 6.99. The standard InChI is InChI=1S/C18H9BrCl2O5/c19-11-2-4-16-10(5-11)6-12(18(24)26-16)17(23)25-8-15(22)9-1-3-13(20)14(21)7-9/h1-7H,8H2. The molecule has 0 aliphatic carbocycles. The Kier molecular flexibility index (Phi) is 5.46. The van der Waals surface area contributed by atoms with Crippen molar-refractivity contribution in [3.8, 4) is 0 Å². The molecule has 1 heterocycles. The van der Waals surface area contributed by atoms with Crippen molar-refractivity contribution in [2.45, 2.75) is 0 Å². The number of Topliss-reactive ketones (excluding diaryl/α,β-unsaturated/α-hetero) is 1. The van der Waals surface area contributed by atoms with Gasteiger partial charge in [0, 0.05) is 15.4 Å². The SMILES string of the molecule is O=C(COC(=O)c1cc2cc(Br)ccc2oc1=O)c1ccc(Cl)c(Cl)c1. The summed E-state index contributed by atoms with van der Waals surface area (Å²) < 4.78 is 10.8. The van der Waals surface area contributed by atoms with E-state index in [9.17, 15) is 14.4 Å². The van der Waals surface area contributed by atoms with E-state index in [2.05, 4.69) is 15.9 Å². The average molecular weight is 456 g/mol. The van der Waals surface area contributed by atoms with Crippen molar-refractivity contribution in [1.82, 2.24) is 0 Å². The van der Waals surface area contributed by atoms with Crippen LogP contribution in [0.25, 0.3) is 11.0 Å². The first-order valence-corrected chi connectivity index (χ1v) is 8.79. The van der Waals surface area contributed by atoms with Crippen LogP contribution in [0.3, 0.4) is 0 Å². The van der Waals surface area contributed by atoms with Gasteiger partial charge in [-0.25, -0.2) is 9.59 Å². The van der Waals surface area contributed by atoms with Crippen LogP contribution in [0.4, 0.5) is 0 Å². The van der Waals surface area contributed by atoms with Gasteiger partial charge in [-0.15, -0.1) is 0 Å². The van der Waals surface area contributed by atoms with Gasteiger partial charge in [-0.2, -0.15) is 0 Å². The number of rotatable bonds is 4. The van der Waals surface area contributed by atoms with Gasteiger partial charge in [0.2, 0.25) is 0 Å². The first-order chi connectivity index (χ1) is 12.3. The van der Waals surface area contributed by atoms with Crippen LogP contribution in [0.2, 0.25) is 10.0 Å². The summed E-state index contributed by atoms with van der Waals surface area (Å²) >= 11 is 14.9. The summed E-state index contributed by atoms with van der Waals surface area (Å²) in [7, 11) is 0. The summed E-state index contributed by atoms with van der Waals surface area (Å²) in [6, 6.07) is 10.7. The number of ketones is 1. The van der Waals surface area contributed by atoms with Crippen molar-refractivity contribution in [2.75, 3.05) is 6.61 Å². The molecule has 1 aromatic heterocycles. The van der Waals surface area contributed by atoms with Crippen molar-refractivity contribution >= 4 is 61.9 Å². The maximum Gasteiger partial charge on any atom is 0.351 e. The third kappa shape index (κ3) is 3.98. The quantitative estimate of drug-likeness (QED) is 0.317. The lowest BCUT2D eigenvalue weighted by Gasteiger charge is -2.05. The zero-order valence-corrected chi connectivity index (χ0v) is 16.0. The summed E-state index contributed by atoms with van der Waals surface area (Å²) in [5.74, 6) is -1.43. The van der Waals surface area contributed by atoms with Crippen molar-refractivity contribution in [3.05, 3.63) is 78.5 Å². The lowest BCUT2D eigenvalue weighted by molar-refractivity contribution is 0.0471. The Hall–Kier alpha value is -2.15. The number of esters is 1. The van der Waals surface area contributed by atoms with E-state index < -0.39 is 24.0 Å². The molecule has 0 bridgehead atoms. The van der Waals surface area contributed by atoms with Crippen LogP contribution in [-0.4, -0.2) is 18.4 Å². The van der Waals surface area contributed by atoms with Crippen LogP contribution < -0.4 is 5.63 Å². The molecule has 0 unspecified atom stereocenters. The first-order valence-electron chi connectivity index (χ1n) is 7.24. The molecule has 0 radical (unpaired) electrons. The lowest BCUT2D eigenvalue weighted by Crippen LogP contribution is -2.20. The molecular formula is C18H9BrCl2O5. The fourth-order valence-corrected chi connectivity index (χ4v) is 2.88. The molecule has 0 fully saturated rings. The van der Waals surface area contributed by atoms with Gasteiger partial charge in [0.05, 0.1) is 10.0 Å². The maximum atomic E-state index is 12.2. The van der Waals surface area contributed by atoms with E-state index in [4.69, 9.17) is 32.4 Å². The Morgan fingerprint density at radius 2 is 1.81 bits per heavy atom. The molecular weight excluding hydrogens is 447 g/mol. The highest BCUT2D eigenvalue weighted by Gasteiger charge is 2.18. The zero-order valence-electron chi connectivity index (χ0n) is 12.9. The Morgan fingerprint density at radius 3 is 2.54 bits per heavy atom. The largest absolute Gasteiger partial charge is 0.453 e. The number of hydrogen-bond donors (Lipinski definition) is 0. The normalized spacial score (nSPS) is 10.7. The number of halogens is 3. The van der Waals surface area contributed by atoms with E-state index in [0.717, 1.165) is 4.47 Å². The van der Waals surface area contributed by atoms with Gasteiger partial charge in [0.25, 0.3) is 0 Å². The summed E-state index contributed by atoms with van der Waals surface area (Å²) in [5, 5.41) is 1.06. The molecule has 2 aromatic carbocycles. The van der Waals surface area contributed by atoms with Gasteiger partial charge < -0.3 is 9.15 Å². The molecule has 132 valence electrons. The summed E-state index contributed by atoms with van der Waals surface area (Å²) in [6.07, 6.45) is 0. The molecule has 3 rings (SSSR count). The fourth-order valence-electron chi connectivity index (χ4n) is 2.20. The minimum Gasteiger partial charge on any atom is -0.453 e. The number of hydrogen-bond acceptors (Lipinski definition) is 5. The van der Waals surface area contributed by atoms with Gasteiger partial charge in [-0.3, -0.25) is 4.79 Å². The third-order valence-electron chi connectivity index (χ3n) is 3.49. The van der Waals surface area contributed by atoms with E-state index >= 15 is 0 Å². The number of ether oxygens (including phenoxy) is 1. The van der Waals surface area contributed by atoms with Crippen LogP contribution in [0, 0.1) is 0 Å². The van der Waals surface area contributed by atoms with Crippen LogP contribution in [-0.2, 0) is 4.74 Å².